The maximum Gasteiger partial charge on any atom is 0.332 e. The number of thiophene rings is 1. The number of esters is 1. The molecule has 0 atom stereocenters. The molecule has 0 saturated carbocycles. The summed E-state index contributed by atoms with van der Waals surface area (Å²) in [4.78, 5) is 11.0. The Labute approximate surface area is 87.2 Å². The molecule has 0 aliphatic rings. The molecule has 2 N–H and O–H groups in total. The van der Waals surface area contributed by atoms with E-state index in [0.29, 0.717) is 18.7 Å². The predicted molar refractivity (Wildman–Crippen MR) is 56.9 cm³/mol. The van der Waals surface area contributed by atoms with Gasteiger partial charge in [0.05, 0.1) is 6.61 Å². The molecule has 4 heteroatoms. The fourth-order valence-corrected chi connectivity index (χ4v) is 1.68. The Balaban J connectivity index is 2.49. The van der Waals surface area contributed by atoms with Gasteiger partial charge >= 0.3 is 5.97 Å². The maximum absolute atomic E-state index is 11.0. The van der Waals surface area contributed by atoms with Crippen molar-refractivity contribution in [3.05, 3.63) is 34.2 Å². The molecule has 0 radical (unpaired) electrons. The van der Waals surface area contributed by atoms with Crippen LogP contribution in [0.25, 0.3) is 0 Å². The first-order chi connectivity index (χ1) is 6.72. The Bertz CT molecular complexity index is 317. The highest BCUT2D eigenvalue weighted by molar-refractivity contribution is 7.07. The molecule has 76 valence electrons. The first-order valence-electron chi connectivity index (χ1n) is 4.36. The highest BCUT2D eigenvalue weighted by Gasteiger charge is 2.00. The molecule has 3 nitrogen and oxygen atoms in total. The molecule has 1 rings (SSSR count). The molecule has 14 heavy (non-hydrogen) atoms. The van der Waals surface area contributed by atoms with Crippen LogP contribution in [0.1, 0.15) is 12.5 Å². The summed E-state index contributed by atoms with van der Waals surface area (Å²) < 4.78 is 4.74. The minimum Gasteiger partial charge on any atom is -0.463 e. The second-order valence-corrected chi connectivity index (χ2v) is 3.56. The summed E-state index contributed by atoms with van der Waals surface area (Å²) in [6, 6.07) is 1.98. The molecule has 0 amide bonds. The quantitative estimate of drug-likeness (QED) is 0.609. The Morgan fingerprint density at radius 2 is 2.50 bits per heavy atom. The van der Waals surface area contributed by atoms with Crippen LogP contribution in [-0.4, -0.2) is 12.6 Å². The second kappa shape index (κ2) is 5.44. The van der Waals surface area contributed by atoms with Gasteiger partial charge in [0.15, 0.2) is 0 Å². The van der Waals surface area contributed by atoms with Crippen molar-refractivity contribution in [2.24, 2.45) is 5.73 Å². The minimum absolute atomic E-state index is 0.375. The Morgan fingerprint density at radius 1 is 1.71 bits per heavy atom. The van der Waals surface area contributed by atoms with E-state index in [2.05, 4.69) is 0 Å². The lowest BCUT2D eigenvalue weighted by Crippen LogP contribution is -2.07. The number of hydrogen-bond acceptors (Lipinski definition) is 4. The third kappa shape index (κ3) is 3.62. The van der Waals surface area contributed by atoms with E-state index in [0.717, 1.165) is 5.56 Å². The van der Waals surface area contributed by atoms with Crippen molar-refractivity contribution in [1.82, 2.24) is 0 Å². The highest BCUT2D eigenvalue weighted by Crippen LogP contribution is 2.09. The van der Waals surface area contributed by atoms with Gasteiger partial charge in [-0.15, -0.1) is 0 Å². The third-order valence-corrected chi connectivity index (χ3v) is 2.31. The average molecular weight is 211 g/mol. The fourth-order valence-electron chi connectivity index (χ4n) is 1.02. The number of rotatable bonds is 4. The molecule has 1 aromatic heterocycles. The van der Waals surface area contributed by atoms with Gasteiger partial charge in [0.25, 0.3) is 0 Å². The van der Waals surface area contributed by atoms with E-state index in [1.807, 2.05) is 16.8 Å². The summed E-state index contributed by atoms with van der Waals surface area (Å²) in [6.45, 7) is 2.14. The zero-order valence-corrected chi connectivity index (χ0v) is 8.84. The van der Waals surface area contributed by atoms with Crippen molar-refractivity contribution in [3.8, 4) is 0 Å². The van der Waals surface area contributed by atoms with Crippen molar-refractivity contribution in [3.63, 3.8) is 0 Å². The van der Waals surface area contributed by atoms with Crippen LogP contribution in [0.15, 0.2) is 28.6 Å². The van der Waals surface area contributed by atoms with E-state index in [1.54, 1.807) is 18.3 Å². The minimum atomic E-state index is -0.375. The van der Waals surface area contributed by atoms with Gasteiger partial charge in [-0.1, -0.05) is 0 Å². The normalized spacial score (nSPS) is 11.4. The van der Waals surface area contributed by atoms with Crippen LogP contribution < -0.4 is 5.73 Å². The van der Waals surface area contributed by atoms with Crippen molar-refractivity contribution >= 4 is 17.3 Å². The number of carbonyl (C=O) groups excluding carboxylic acids is 1. The highest BCUT2D eigenvalue weighted by atomic mass is 32.1. The average Bonchev–Trinajstić information content (AvgIpc) is 2.56. The van der Waals surface area contributed by atoms with E-state index >= 15 is 0 Å². The lowest BCUT2D eigenvalue weighted by atomic mass is 10.2. The Kier molecular flexibility index (Phi) is 4.19. The van der Waals surface area contributed by atoms with E-state index in [4.69, 9.17) is 10.5 Å². The SMILES string of the molecule is CCOC(=O)/C=C(\N)Cc1ccsc1. The molecule has 0 aliphatic heterocycles. The monoisotopic (exact) mass is 211 g/mol. The van der Waals surface area contributed by atoms with Gasteiger partial charge in [0.1, 0.15) is 0 Å². The Hall–Kier alpha value is -1.29. The molecular weight excluding hydrogens is 198 g/mol. The standard InChI is InChI=1S/C10H13NO2S/c1-2-13-10(12)6-9(11)5-8-3-4-14-7-8/h3-4,6-7H,2,5,11H2,1H3/b9-6-. The van der Waals surface area contributed by atoms with Crippen LogP contribution in [0.4, 0.5) is 0 Å². The molecule has 1 heterocycles. The van der Waals surface area contributed by atoms with Gasteiger partial charge < -0.3 is 10.5 Å². The topological polar surface area (TPSA) is 52.3 Å². The van der Waals surface area contributed by atoms with Crippen molar-refractivity contribution < 1.29 is 9.53 Å². The lowest BCUT2D eigenvalue weighted by Gasteiger charge is -1.99. The zero-order chi connectivity index (χ0) is 10.4. The molecule has 0 saturated heterocycles. The van der Waals surface area contributed by atoms with Gasteiger partial charge in [0.2, 0.25) is 0 Å². The lowest BCUT2D eigenvalue weighted by molar-refractivity contribution is -0.137. The number of hydrogen-bond donors (Lipinski definition) is 1. The third-order valence-electron chi connectivity index (χ3n) is 1.58. The van der Waals surface area contributed by atoms with E-state index in [9.17, 15) is 4.79 Å². The second-order valence-electron chi connectivity index (χ2n) is 2.78. The predicted octanol–water partition coefficient (Wildman–Crippen LogP) is 1.70. The van der Waals surface area contributed by atoms with E-state index in [-0.39, 0.29) is 5.97 Å². The molecule has 1 aromatic rings. The Morgan fingerprint density at radius 3 is 3.07 bits per heavy atom. The fraction of sp³-hybridized carbons (Fsp3) is 0.300. The number of nitrogens with two attached hydrogens (primary N) is 1. The summed E-state index contributed by atoms with van der Waals surface area (Å²) in [5, 5.41) is 3.98. The van der Waals surface area contributed by atoms with Crippen LogP contribution in [0.5, 0.6) is 0 Å². The number of allylic oxidation sites excluding steroid dienone is 1. The van der Waals surface area contributed by atoms with Crippen LogP contribution >= 0.6 is 11.3 Å². The van der Waals surface area contributed by atoms with Gasteiger partial charge in [-0.05, 0) is 29.3 Å². The maximum atomic E-state index is 11.0. The first-order valence-corrected chi connectivity index (χ1v) is 5.30. The summed E-state index contributed by atoms with van der Waals surface area (Å²) in [5.74, 6) is -0.375. The van der Waals surface area contributed by atoms with Crippen molar-refractivity contribution in [2.75, 3.05) is 6.61 Å². The molecule has 0 fully saturated rings. The molecule has 0 aliphatic carbocycles. The van der Waals surface area contributed by atoms with Crippen molar-refractivity contribution in [1.29, 1.82) is 0 Å². The zero-order valence-electron chi connectivity index (χ0n) is 8.03. The molecular formula is C10H13NO2S. The summed E-state index contributed by atoms with van der Waals surface area (Å²) in [5.41, 5.74) is 7.31. The van der Waals surface area contributed by atoms with Gasteiger partial charge in [-0.25, -0.2) is 4.79 Å². The van der Waals surface area contributed by atoms with Crippen LogP contribution in [0.2, 0.25) is 0 Å². The smallest absolute Gasteiger partial charge is 0.332 e. The van der Waals surface area contributed by atoms with E-state index < -0.39 is 0 Å². The van der Waals surface area contributed by atoms with Crippen LogP contribution in [0.3, 0.4) is 0 Å². The van der Waals surface area contributed by atoms with Gasteiger partial charge in [0, 0.05) is 18.2 Å². The largest absolute Gasteiger partial charge is 0.463 e. The summed E-state index contributed by atoms with van der Waals surface area (Å²) in [7, 11) is 0. The molecule has 0 spiro atoms. The molecule has 0 aromatic carbocycles. The molecule has 0 bridgehead atoms. The van der Waals surface area contributed by atoms with Crippen molar-refractivity contribution in [2.45, 2.75) is 13.3 Å². The van der Waals surface area contributed by atoms with Gasteiger partial charge in [-0.3, -0.25) is 0 Å². The summed E-state index contributed by atoms with van der Waals surface area (Å²) in [6.07, 6.45) is 1.93. The molecule has 0 unspecified atom stereocenters. The summed E-state index contributed by atoms with van der Waals surface area (Å²) >= 11 is 1.61. The first kappa shape index (κ1) is 10.8. The number of carbonyl (C=O) groups is 1. The van der Waals surface area contributed by atoms with Crippen LogP contribution in [0, 0.1) is 0 Å². The number of ether oxygens (including phenoxy) is 1. The van der Waals surface area contributed by atoms with Crippen LogP contribution in [-0.2, 0) is 16.0 Å². The van der Waals surface area contributed by atoms with Gasteiger partial charge in [-0.2, -0.15) is 11.3 Å². The van der Waals surface area contributed by atoms with E-state index in [1.165, 1.54) is 6.08 Å².